The van der Waals surface area contributed by atoms with Gasteiger partial charge in [0.25, 0.3) is 10.8 Å². The minimum Gasteiger partial charge on any atom is -0.411 e. The monoisotopic (exact) mass is 2410 g/mol. The molecule has 28 nitrogen and oxygen atoms in total. The van der Waals surface area contributed by atoms with Crippen LogP contribution >= 0.6 is 188 Å². The lowest BCUT2D eigenvalue weighted by Crippen LogP contribution is -2.14. The molecule has 5 aromatic heterocycles. The van der Waals surface area contributed by atoms with Gasteiger partial charge in [0.2, 0.25) is 11.0 Å². The third-order valence-corrected chi connectivity index (χ3v) is 32.1. The van der Waals surface area contributed by atoms with E-state index in [1.807, 2.05) is 30.3 Å². The highest BCUT2D eigenvalue weighted by molar-refractivity contribution is 9.11. The van der Waals surface area contributed by atoms with Crippen molar-refractivity contribution in [3.8, 4) is 11.5 Å². The van der Waals surface area contributed by atoms with Gasteiger partial charge in [-0.25, -0.2) is 19.6 Å². The predicted molar refractivity (Wildman–Crippen MR) is 516 cm³/mol. The number of fused-ring (bicyclic) bond motifs is 1. The van der Waals surface area contributed by atoms with E-state index >= 15 is 0 Å². The normalized spacial score (nSPS) is 12.4. The van der Waals surface area contributed by atoms with E-state index in [-0.39, 0.29) is 27.9 Å². The van der Waals surface area contributed by atoms with Crippen LogP contribution in [-0.2, 0) is 90.3 Å². The fourth-order valence-electron chi connectivity index (χ4n) is 11.7. The van der Waals surface area contributed by atoms with Crippen LogP contribution in [0.4, 0.5) is 43.9 Å². The van der Waals surface area contributed by atoms with Crippen LogP contribution in [0.3, 0.4) is 0 Å². The lowest BCUT2D eigenvalue weighted by atomic mass is 10.1. The number of thioether (sulfide) groups is 5. The summed E-state index contributed by atoms with van der Waals surface area (Å²) in [5.41, 5.74) is -19.5. The third-order valence-electron chi connectivity index (χ3n) is 18.7. The number of nitrogens with one attached hydrogen (secondary N) is 1. The third kappa shape index (κ3) is 34.2. The van der Waals surface area contributed by atoms with E-state index < -0.39 is 94.1 Å². The van der Waals surface area contributed by atoms with E-state index in [0.717, 1.165) is 160 Å². The van der Waals surface area contributed by atoms with Crippen molar-refractivity contribution >= 4 is 199 Å². The number of para-hydroxylation sites is 1. The Bertz CT molecular complexity index is 6270. The molecule has 11 N–H and O–H groups in total. The van der Waals surface area contributed by atoms with E-state index in [2.05, 4.69) is 130 Å². The van der Waals surface area contributed by atoms with Crippen LogP contribution in [0.15, 0.2) is 240 Å². The molecule has 0 fully saturated rings. The van der Waals surface area contributed by atoms with Crippen molar-refractivity contribution in [2.24, 2.45) is 7.05 Å². The number of benzene rings is 7. The molecule has 0 atom stereocenters. The predicted octanol–water partition coefficient (Wildman–Crippen LogP) is 24.2. The Morgan fingerprint density at radius 2 is 0.778 bits per heavy atom. The number of pyridine rings is 1. The number of alkyl halides is 10. The molecule has 0 amide bonds. The van der Waals surface area contributed by atoms with Crippen molar-refractivity contribution in [2.75, 3.05) is 28.8 Å². The number of tetrazole rings is 1. The SMILES string of the molecule is Cn1nnnc1SCCCCc1ccc(C(F)(F)P(=O)(O)O)c(Br)c1.O=P(O)(O)C(F)(F)c1ccc(CCCCSc2ncccn2)cc1Br.O=P(O)(O)C(F)(F)c1ccc(CCCCSc2nnc(-c3ccncc3)o2)cc1Br.O=P(O)(O)C(F)(F)c1ccc(CCCSc2ccc(Cl)cc2)cc1Br.O=c1[nH]c(SCCCCc2ccc(C(F)(F)P(=O)(O)O)c(Br)c2)nc2ccccc12. The number of aromatic nitrogens is 11. The summed E-state index contributed by atoms with van der Waals surface area (Å²) in [7, 11) is -26.2. The van der Waals surface area contributed by atoms with Gasteiger partial charge >= 0.3 is 66.3 Å². The Morgan fingerprint density at radius 3 is 1.16 bits per heavy atom. The Labute approximate surface area is 833 Å². The van der Waals surface area contributed by atoms with Crippen LogP contribution in [0.2, 0.25) is 5.02 Å². The summed E-state index contributed by atoms with van der Waals surface area (Å²) < 4.78 is 200. The summed E-state index contributed by atoms with van der Waals surface area (Å²) in [5.74, 6) is 4.41. The second kappa shape index (κ2) is 52.0. The molecule has 135 heavy (non-hydrogen) atoms. The highest BCUT2D eigenvalue weighted by Gasteiger charge is 2.55. The molecular formula is C81H82Br5ClF10N11O17P5S5. The number of rotatable bonds is 40. The number of hydrogen-bond donors (Lipinski definition) is 11. The molecule has 730 valence electrons. The number of aromatic amines is 1. The zero-order chi connectivity index (χ0) is 99.6. The van der Waals surface area contributed by atoms with Gasteiger partial charge in [-0.05, 0) is 219 Å². The van der Waals surface area contributed by atoms with Crippen molar-refractivity contribution < 1.29 is 120 Å². The maximum absolute atomic E-state index is 13.9. The number of nitrogens with zero attached hydrogens (tertiary/aromatic N) is 10. The van der Waals surface area contributed by atoms with Crippen molar-refractivity contribution in [1.82, 2.24) is 55.3 Å². The van der Waals surface area contributed by atoms with Crippen molar-refractivity contribution in [3.05, 3.63) is 276 Å². The summed E-state index contributed by atoms with van der Waals surface area (Å²) in [5, 5.41) is 22.8. The standard InChI is InChI=1S/C19H18BrF2N2O4PS.C18H17BrF2N3O4PS.C16H15BrClF2O3PS.C15H16BrF2N2O3PS.C13H16BrF2N4O3PS/c20-15-11-12(8-9-14(15)19(21,22)29(26,27)28)5-3-4-10-30-18-23-16-7-2-1-6-13(16)17(25)24-18;19-15-11-12(4-5-14(15)18(20,21)29(25,26)27)3-1-2-10-30-17-24-23-16(28-17)13-6-8-22-9-7-13;17-15-10-11(3-8-14(15)16(19,20)24(21,22)23)2-1-9-25-13-6-4-12(18)5-7-13;16-13-10-11(5-6-12(13)15(17,18)24(21,22)23)4-1-2-9-25-14-19-7-3-8-20-14;1-20-12(17-18-19-20)25-7-3-2-4-9-5-6-10(11(14)8-9)13(15,16)24(21,22)23/h1-2,6-9,11H,3-5,10H2,(H,23,24,25)(H2,26,27,28);4-9,11H,1-3,10H2,(H2,25,26,27);3-8,10H,1-2,9H2,(H2,21,22,23);3,5-8,10H,1-2,4,9H2,(H2,21,22,23);5-6,8H,2-4,7H2,1H3,(H2,21,22,23). The molecule has 7 aromatic carbocycles. The molecule has 0 aliphatic heterocycles. The molecule has 0 saturated heterocycles. The van der Waals surface area contributed by atoms with Gasteiger partial charge in [-0.15, -0.1) is 27.1 Å². The molecular weight excluding hydrogens is 2340 g/mol. The Balaban J connectivity index is 0.000000208. The van der Waals surface area contributed by atoms with Crippen molar-refractivity contribution in [3.63, 3.8) is 0 Å². The number of hydrogen-bond acceptors (Lipinski definition) is 21. The first-order valence-electron chi connectivity index (χ1n) is 39.5. The first-order chi connectivity index (χ1) is 63.2. The molecule has 0 radical (unpaired) electrons. The zero-order valence-corrected chi connectivity index (χ0v) is 87.1. The van der Waals surface area contributed by atoms with E-state index in [9.17, 15) is 71.5 Å². The van der Waals surface area contributed by atoms with E-state index in [1.165, 1.54) is 95.9 Å². The minimum atomic E-state index is -5.61. The topological polar surface area (TPSA) is 455 Å². The average Bonchev–Trinajstić information content (AvgIpc) is 1.63. The Morgan fingerprint density at radius 1 is 0.415 bits per heavy atom. The van der Waals surface area contributed by atoms with Gasteiger partial charge < -0.3 is 58.3 Å². The molecule has 5 heterocycles. The van der Waals surface area contributed by atoms with Crippen LogP contribution in [0.1, 0.15) is 113 Å². The highest BCUT2D eigenvalue weighted by Crippen LogP contribution is 2.65. The second-order valence-corrected chi connectivity index (χ2v) is 47.1. The summed E-state index contributed by atoms with van der Waals surface area (Å²) in [4.78, 5) is 121. The molecule has 0 saturated carbocycles. The zero-order valence-electron chi connectivity index (χ0n) is 69.9. The molecule has 12 aromatic rings. The fourth-order valence-corrected chi connectivity index (χ4v) is 22.6. The van der Waals surface area contributed by atoms with E-state index in [1.54, 1.807) is 96.4 Å². The number of unbranched alkanes of at least 4 members (excludes halogenated alkanes) is 4. The van der Waals surface area contributed by atoms with E-state index in [0.29, 0.717) is 69.5 Å². The molecule has 0 aliphatic rings. The average molecular weight is 2420 g/mol. The number of H-pyrrole nitrogens is 1. The van der Waals surface area contributed by atoms with Gasteiger partial charge in [0, 0.05) is 121 Å². The molecule has 0 bridgehead atoms. The van der Waals surface area contributed by atoms with Crippen LogP contribution < -0.4 is 5.56 Å². The smallest absolute Gasteiger partial charge is 0.399 e. The van der Waals surface area contributed by atoms with Gasteiger partial charge in [0.1, 0.15) is 0 Å². The summed E-state index contributed by atoms with van der Waals surface area (Å²) >= 11 is 28.4. The van der Waals surface area contributed by atoms with Gasteiger partial charge in [0.05, 0.1) is 10.9 Å². The number of aryl methyl sites for hydroxylation is 6. The minimum absolute atomic E-state index is 0.00890. The molecule has 0 spiro atoms. The molecule has 0 unspecified atom stereocenters. The van der Waals surface area contributed by atoms with Crippen LogP contribution in [0.25, 0.3) is 22.4 Å². The van der Waals surface area contributed by atoms with Crippen LogP contribution in [0, 0.1) is 0 Å². The Kier molecular flexibility index (Phi) is 44.3. The second-order valence-electron chi connectivity index (χ2n) is 28.7. The Hall–Kier alpha value is -5.39. The van der Waals surface area contributed by atoms with Gasteiger partial charge in [-0.1, -0.05) is 211 Å². The lowest BCUT2D eigenvalue weighted by Gasteiger charge is -2.19. The first kappa shape index (κ1) is 115. The van der Waals surface area contributed by atoms with Crippen molar-refractivity contribution in [2.45, 2.75) is 144 Å². The van der Waals surface area contributed by atoms with Crippen LogP contribution in [-0.4, -0.2) is 133 Å². The maximum atomic E-state index is 13.9. The van der Waals surface area contributed by atoms with E-state index in [4.69, 9.17) is 65.0 Å². The highest BCUT2D eigenvalue weighted by atomic mass is 79.9. The molecule has 12 rings (SSSR count). The summed E-state index contributed by atoms with van der Waals surface area (Å²) in [6.07, 6.45) is 17.4. The summed E-state index contributed by atoms with van der Waals surface area (Å²) in [6.45, 7) is 0. The molecule has 0 aliphatic carbocycles. The van der Waals surface area contributed by atoms with Gasteiger partial charge in [-0.2, -0.15) is 43.9 Å². The first-order valence-corrected chi connectivity index (χ1v) is 56.8. The lowest BCUT2D eigenvalue weighted by molar-refractivity contribution is 0.0557. The maximum Gasteiger partial charge on any atom is 0.399 e. The van der Waals surface area contributed by atoms with Gasteiger partial charge in [-0.3, -0.25) is 32.6 Å². The van der Waals surface area contributed by atoms with Crippen LogP contribution in [0.5, 0.6) is 0 Å². The van der Waals surface area contributed by atoms with Crippen molar-refractivity contribution in [1.29, 1.82) is 0 Å². The quantitative estimate of drug-likeness (QED) is 0.00558. The summed E-state index contributed by atoms with van der Waals surface area (Å²) in [6, 6.07) is 39.8. The number of halogens is 16. The van der Waals surface area contributed by atoms with Gasteiger partial charge in [0.15, 0.2) is 10.3 Å². The molecule has 54 heteroatoms. The fraction of sp³-hybridized carbons (Fsp3) is 0.309. The largest absolute Gasteiger partial charge is 0.411 e.